The zero-order chi connectivity index (χ0) is 25.3. The Kier molecular flexibility index (Phi) is 6.98. The van der Waals surface area contributed by atoms with Gasteiger partial charge in [0.05, 0.1) is 17.2 Å². The second kappa shape index (κ2) is 9.81. The Morgan fingerprint density at radius 2 is 1.86 bits per heavy atom. The van der Waals surface area contributed by atoms with E-state index < -0.39 is 29.1 Å². The highest BCUT2D eigenvalue weighted by molar-refractivity contribution is 6.34. The Morgan fingerprint density at radius 1 is 1.14 bits per heavy atom. The van der Waals surface area contributed by atoms with Gasteiger partial charge < -0.3 is 25.7 Å². The summed E-state index contributed by atoms with van der Waals surface area (Å²) < 4.78 is 47.7. The highest BCUT2D eigenvalue weighted by Crippen LogP contribution is 2.56. The van der Waals surface area contributed by atoms with E-state index in [2.05, 4.69) is 0 Å². The smallest absolute Gasteiger partial charge is 0.249 e. The van der Waals surface area contributed by atoms with Gasteiger partial charge in [-0.25, -0.2) is 8.78 Å². The number of hydrogen-bond acceptors (Lipinski definition) is 5. The van der Waals surface area contributed by atoms with Gasteiger partial charge in [0.15, 0.2) is 17.2 Å². The van der Waals surface area contributed by atoms with Crippen molar-refractivity contribution in [3.8, 4) is 22.6 Å². The van der Waals surface area contributed by atoms with Crippen molar-refractivity contribution in [2.24, 2.45) is 11.5 Å². The highest BCUT2D eigenvalue weighted by atomic mass is 35.5. The average Bonchev–Trinajstić information content (AvgIpc) is 3.13. The molecule has 6 nitrogen and oxygen atoms in total. The maximum absolute atomic E-state index is 15.9. The van der Waals surface area contributed by atoms with Crippen LogP contribution in [0, 0.1) is 11.6 Å². The van der Waals surface area contributed by atoms with Crippen LogP contribution in [0.15, 0.2) is 48.5 Å². The van der Waals surface area contributed by atoms with Crippen molar-refractivity contribution in [3.05, 3.63) is 81.9 Å². The lowest BCUT2D eigenvalue weighted by Crippen LogP contribution is -2.41. The molecule has 0 fully saturated rings. The number of amides is 1. The lowest BCUT2D eigenvalue weighted by atomic mass is 9.77. The molecule has 1 aliphatic rings. The summed E-state index contributed by atoms with van der Waals surface area (Å²) in [6, 6.07) is 13.0. The van der Waals surface area contributed by atoms with E-state index in [4.69, 9.17) is 37.3 Å². The van der Waals surface area contributed by atoms with Gasteiger partial charge in [0.1, 0.15) is 18.2 Å². The number of ether oxygens (including phenoxy) is 3. The number of fused-ring (bicyclic) bond motifs is 1. The lowest BCUT2D eigenvalue weighted by Gasteiger charge is -2.32. The first-order valence-electron chi connectivity index (χ1n) is 11.0. The SMILES string of the molecule is COCCOc1ccc(C(N)=O)c(-c2c(Cl)c(F)cc3c2[C@H](C)[C@@](CN)(c2ccccc2)O3)c1F. The van der Waals surface area contributed by atoms with Crippen LogP contribution in [-0.4, -0.2) is 32.8 Å². The van der Waals surface area contributed by atoms with Crippen molar-refractivity contribution in [1.82, 2.24) is 0 Å². The Labute approximate surface area is 206 Å². The summed E-state index contributed by atoms with van der Waals surface area (Å²) in [6.45, 7) is 2.16. The predicted octanol–water partition coefficient (Wildman–Crippen LogP) is 4.76. The molecule has 35 heavy (non-hydrogen) atoms. The number of rotatable bonds is 8. The third kappa shape index (κ3) is 4.11. The minimum atomic E-state index is -1.06. The Morgan fingerprint density at radius 3 is 2.49 bits per heavy atom. The van der Waals surface area contributed by atoms with E-state index in [1.165, 1.54) is 19.2 Å². The summed E-state index contributed by atoms with van der Waals surface area (Å²) in [6.07, 6.45) is 0. The minimum absolute atomic E-state index is 0.0242. The van der Waals surface area contributed by atoms with Crippen LogP contribution in [0.5, 0.6) is 11.5 Å². The van der Waals surface area contributed by atoms with Gasteiger partial charge in [0.2, 0.25) is 5.91 Å². The number of methoxy groups -OCH3 is 1. The maximum Gasteiger partial charge on any atom is 0.249 e. The molecule has 0 aliphatic carbocycles. The zero-order valence-corrected chi connectivity index (χ0v) is 20.0. The zero-order valence-electron chi connectivity index (χ0n) is 19.2. The Bertz CT molecular complexity index is 1270. The van der Waals surface area contributed by atoms with Gasteiger partial charge in [-0.1, -0.05) is 48.9 Å². The van der Waals surface area contributed by atoms with Crippen LogP contribution in [0.1, 0.15) is 34.3 Å². The van der Waals surface area contributed by atoms with E-state index in [1.54, 1.807) is 0 Å². The van der Waals surface area contributed by atoms with Gasteiger partial charge >= 0.3 is 0 Å². The fourth-order valence-electron chi connectivity index (χ4n) is 4.61. The number of hydrogen-bond donors (Lipinski definition) is 2. The van der Waals surface area contributed by atoms with Crippen molar-refractivity contribution >= 4 is 17.5 Å². The molecule has 4 N–H and O–H groups in total. The summed E-state index contributed by atoms with van der Waals surface area (Å²) >= 11 is 6.45. The van der Waals surface area contributed by atoms with Crippen LogP contribution in [0.25, 0.3) is 11.1 Å². The Balaban J connectivity index is 1.99. The second-order valence-corrected chi connectivity index (χ2v) is 8.63. The molecular weight excluding hydrogens is 478 g/mol. The van der Waals surface area contributed by atoms with E-state index >= 15 is 8.78 Å². The van der Waals surface area contributed by atoms with Crippen molar-refractivity contribution < 1.29 is 27.8 Å². The molecule has 0 spiro atoms. The van der Waals surface area contributed by atoms with E-state index in [9.17, 15) is 4.79 Å². The van der Waals surface area contributed by atoms with Crippen LogP contribution in [-0.2, 0) is 10.3 Å². The molecule has 0 aromatic heterocycles. The Hall–Kier alpha value is -3.20. The maximum atomic E-state index is 15.9. The van der Waals surface area contributed by atoms with Gasteiger partial charge in [-0.15, -0.1) is 0 Å². The molecule has 1 amide bonds. The molecule has 0 unspecified atom stereocenters. The summed E-state index contributed by atoms with van der Waals surface area (Å²) in [4.78, 5) is 12.3. The van der Waals surface area contributed by atoms with Gasteiger partial charge in [0, 0.05) is 42.3 Å². The molecule has 0 saturated carbocycles. The van der Waals surface area contributed by atoms with Crippen molar-refractivity contribution in [3.63, 3.8) is 0 Å². The van der Waals surface area contributed by atoms with Crippen molar-refractivity contribution in [2.75, 3.05) is 26.9 Å². The number of benzene rings is 3. The molecule has 0 bridgehead atoms. The van der Waals surface area contributed by atoms with Crippen molar-refractivity contribution in [1.29, 1.82) is 0 Å². The summed E-state index contributed by atoms with van der Waals surface area (Å²) in [5.74, 6) is -3.13. The number of halogens is 3. The molecule has 1 aliphatic heterocycles. The number of carbonyl (C=O) groups is 1. The monoisotopic (exact) mass is 502 g/mol. The molecule has 4 rings (SSSR count). The van der Waals surface area contributed by atoms with E-state index in [0.29, 0.717) is 5.56 Å². The van der Waals surface area contributed by atoms with Gasteiger partial charge in [-0.3, -0.25) is 4.79 Å². The number of primary amides is 1. The molecule has 0 saturated heterocycles. The fourth-order valence-corrected chi connectivity index (χ4v) is 4.86. The van der Waals surface area contributed by atoms with Crippen LogP contribution in [0.4, 0.5) is 8.78 Å². The largest absolute Gasteiger partial charge is 0.488 e. The van der Waals surface area contributed by atoms with Gasteiger partial charge in [0.25, 0.3) is 0 Å². The van der Waals surface area contributed by atoms with Gasteiger partial charge in [-0.2, -0.15) is 0 Å². The molecule has 3 aromatic carbocycles. The van der Waals surface area contributed by atoms with E-state index in [0.717, 1.165) is 11.6 Å². The third-order valence-electron chi connectivity index (χ3n) is 6.38. The molecular formula is C26H25ClF2N2O4. The fraction of sp³-hybridized carbons (Fsp3) is 0.269. The van der Waals surface area contributed by atoms with Crippen LogP contribution < -0.4 is 20.9 Å². The summed E-state index contributed by atoms with van der Waals surface area (Å²) in [5, 5.41) is -0.365. The topological polar surface area (TPSA) is 96.8 Å². The molecule has 9 heteroatoms. The molecule has 1 heterocycles. The normalized spacial score (nSPS) is 18.7. The third-order valence-corrected chi connectivity index (χ3v) is 6.75. The number of carbonyl (C=O) groups excluding carboxylic acids is 1. The standard InChI is InChI=1S/C26H25ClF2N2O4/c1-14-20-19(35-26(14,13-30)15-6-4-3-5-7-15)12-17(28)23(27)22(20)21-16(25(31)32)8-9-18(24(21)29)34-11-10-33-2/h3-9,12,14H,10-11,13,30H2,1-2H3,(H2,31,32)/t14-,26-/m0/s1. The minimum Gasteiger partial charge on any atom is -0.488 e. The first-order valence-corrected chi connectivity index (χ1v) is 11.4. The molecule has 2 atom stereocenters. The lowest BCUT2D eigenvalue weighted by molar-refractivity contribution is 0.0800. The van der Waals surface area contributed by atoms with Crippen LogP contribution in [0.3, 0.4) is 0 Å². The van der Waals surface area contributed by atoms with E-state index in [1.807, 2.05) is 37.3 Å². The first-order chi connectivity index (χ1) is 16.8. The summed E-state index contributed by atoms with van der Waals surface area (Å²) in [5.41, 5.74) is 11.4. The number of nitrogens with two attached hydrogens (primary N) is 2. The average molecular weight is 503 g/mol. The first kappa shape index (κ1) is 24.9. The van der Waals surface area contributed by atoms with Crippen LogP contribution in [0.2, 0.25) is 5.02 Å². The molecule has 184 valence electrons. The predicted molar refractivity (Wildman–Crippen MR) is 129 cm³/mol. The van der Waals surface area contributed by atoms with Crippen LogP contribution >= 0.6 is 11.6 Å². The second-order valence-electron chi connectivity index (χ2n) is 8.25. The quantitative estimate of drug-likeness (QED) is 0.433. The highest BCUT2D eigenvalue weighted by Gasteiger charge is 2.49. The van der Waals surface area contributed by atoms with E-state index in [-0.39, 0.29) is 53.0 Å². The summed E-state index contributed by atoms with van der Waals surface area (Å²) in [7, 11) is 1.48. The van der Waals surface area contributed by atoms with Gasteiger partial charge in [-0.05, 0) is 17.7 Å². The molecule has 0 radical (unpaired) electrons. The van der Waals surface area contributed by atoms with Crippen molar-refractivity contribution in [2.45, 2.75) is 18.4 Å². The molecule has 3 aromatic rings.